The van der Waals surface area contributed by atoms with Crippen molar-refractivity contribution in [2.75, 3.05) is 13.1 Å². The molecule has 0 spiro atoms. The van der Waals surface area contributed by atoms with E-state index in [1.165, 1.54) is 12.8 Å². The van der Waals surface area contributed by atoms with Gasteiger partial charge < -0.3 is 21.1 Å². The Morgan fingerprint density at radius 1 is 1.05 bits per heavy atom. The van der Waals surface area contributed by atoms with E-state index >= 15 is 0 Å². The van der Waals surface area contributed by atoms with E-state index in [-0.39, 0.29) is 18.6 Å². The van der Waals surface area contributed by atoms with E-state index in [1.807, 2.05) is 0 Å². The van der Waals surface area contributed by atoms with Crippen LogP contribution in [0, 0.1) is 5.92 Å². The van der Waals surface area contributed by atoms with Gasteiger partial charge >= 0.3 is 12.0 Å². The van der Waals surface area contributed by atoms with Crippen molar-refractivity contribution in [3.63, 3.8) is 0 Å². The molecule has 0 radical (unpaired) electrons. The molecule has 0 bridgehead atoms. The molecule has 1 saturated carbocycles. The summed E-state index contributed by atoms with van der Waals surface area (Å²) in [6.45, 7) is 1.46. The summed E-state index contributed by atoms with van der Waals surface area (Å²) in [5, 5.41) is 15.9. The van der Waals surface area contributed by atoms with Crippen LogP contribution in [0.3, 0.4) is 0 Å². The highest BCUT2D eigenvalue weighted by Gasteiger charge is 2.21. The molecule has 1 rings (SSSR count). The molecule has 7 nitrogen and oxygen atoms in total. The summed E-state index contributed by atoms with van der Waals surface area (Å²) >= 11 is 0. The highest BCUT2D eigenvalue weighted by molar-refractivity contribution is 5.86. The molecule has 0 aromatic rings. The fourth-order valence-corrected chi connectivity index (χ4v) is 2.32. The second kappa shape index (κ2) is 8.39. The van der Waals surface area contributed by atoms with Crippen molar-refractivity contribution in [3.05, 3.63) is 0 Å². The summed E-state index contributed by atoms with van der Waals surface area (Å²) < 4.78 is 0. The summed E-state index contributed by atoms with van der Waals surface area (Å²) in [7, 11) is 0. The van der Waals surface area contributed by atoms with Gasteiger partial charge in [0, 0.05) is 6.04 Å². The third-order valence-corrected chi connectivity index (χ3v) is 3.52. The molecule has 0 saturated heterocycles. The molecule has 20 heavy (non-hydrogen) atoms. The van der Waals surface area contributed by atoms with E-state index in [9.17, 15) is 14.4 Å². The van der Waals surface area contributed by atoms with Crippen LogP contribution in [-0.2, 0) is 9.59 Å². The normalized spacial score (nSPS) is 22.4. The lowest BCUT2D eigenvalue weighted by Gasteiger charge is -2.22. The van der Waals surface area contributed by atoms with Gasteiger partial charge in [-0.05, 0) is 18.8 Å². The minimum atomic E-state index is -1.12. The first-order valence-electron chi connectivity index (χ1n) is 7.02. The van der Waals surface area contributed by atoms with Crippen LogP contribution in [-0.4, -0.2) is 42.1 Å². The summed E-state index contributed by atoms with van der Waals surface area (Å²) in [5.74, 6) is -1.20. The van der Waals surface area contributed by atoms with E-state index in [0.717, 1.165) is 19.3 Å². The lowest BCUT2D eigenvalue weighted by molar-refractivity contribution is -0.137. The zero-order chi connectivity index (χ0) is 15.0. The van der Waals surface area contributed by atoms with Gasteiger partial charge in [0.25, 0.3) is 0 Å². The number of carboxylic acid groups (broad SMARTS) is 1. The summed E-state index contributed by atoms with van der Waals surface area (Å²) in [6, 6.07) is -0.242. The lowest BCUT2D eigenvalue weighted by Crippen LogP contribution is -2.47. The van der Waals surface area contributed by atoms with Gasteiger partial charge in [-0.1, -0.05) is 26.2 Å². The number of hydrogen-bond acceptors (Lipinski definition) is 3. The molecule has 1 aliphatic carbocycles. The number of aliphatic carboxylic acids is 1. The Morgan fingerprint density at radius 2 is 1.75 bits per heavy atom. The Hall–Kier alpha value is -1.79. The smallest absolute Gasteiger partial charge is 0.322 e. The molecule has 7 heteroatoms. The van der Waals surface area contributed by atoms with Crippen LogP contribution in [0.15, 0.2) is 0 Å². The molecular formula is C13H23N3O4. The van der Waals surface area contributed by atoms with Gasteiger partial charge in [-0.2, -0.15) is 0 Å². The molecule has 4 N–H and O–H groups in total. The molecule has 1 aliphatic rings. The number of amides is 3. The Labute approximate surface area is 118 Å². The largest absolute Gasteiger partial charge is 0.480 e. The predicted octanol–water partition coefficient (Wildman–Crippen LogP) is 0.455. The van der Waals surface area contributed by atoms with Gasteiger partial charge in [-0.25, -0.2) is 4.79 Å². The summed E-state index contributed by atoms with van der Waals surface area (Å²) in [4.78, 5) is 33.2. The Balaban J connectivity index is 2.25. The van der Waals surface area contributed by atoms with E-state index in [2.05, 4.69) is 22.9 Å². The third kappa shape index (κ3) is 6.40. The SMILES string of the molecule is CC1CCCCCC1NC(=O)NCC(=O)NCC(=O)O. The predicted molar refractivity (Wildman–Crippen MR) is 73.2 cm³/mol. The highest BCUT2D eigenvalue weighted by Crippen LogP contribution is 2.22. The zero-order valence-corrected chi connectivity index (χ0v) is 11.8. The second-order valence-corrected chi connectivity index (χ2v) is 5.22. The van der Waals surface area contributed by atoms with E-state index in [4.69, 9.17) is 5.11 Å². The quantitative estimate of drug-likeness (QED) is 0.550. The molecular weight excluding hydrogens is 262 g/mol. The average Bonchev–Trinajstić information content (AvgIpc) is 2.59. The molecule has 1 fully saturated rings. The topological polar surface area (TPSA) is 108 Å². The molecule has 0 aromatic carbocycles. The van der Waals surface area contributed by atoms with Crippen LogP contribution in [0.25, 0.3) is 0 Å². The third-order valence-electron chi connectivity index (χ3n) is 3.52. The van der Waals surface area contributed by atoms with Crippen molar-refractivity contribution in [1.29, 1.82) is 0 Å². The first-order valence-corrected chi connectivity index (χ1v) is 7.02. The molecule has 2 unspecified atom stereocenters. The number of nitrogens with one attached hydrogen (secondary N) is 3. The Bertz CT molecular complexity index is 360. The second-order valence-electron chi connectivity index (χ2n) is 5.22. The van der Waals surface area contributed by atoms with Gasteiger partial charge in [0.1, 0.15) is 6.54 Å². The van der Waals surface area contributed by atoms with Crippen LogP contribution in [0.5, 0.6) is 0 Å². The van der Waals surface area contributed by atoms with Crippen LogP contribution >= 0.6 is 0 Å². The van der Waals surface area contributed by atoms with Crippen LogP contribution < -0.4 is 16.0 Å². The van der Waals surface area contributed by atoms with Gasteiger partial charge in [-0.3, -0.25) is 9.59 Å². The number of hydrogen-bond donors (Lipinski definition) is 4. The minimum Gasteiger partial charge on any atom is -0.480 e. The highest BCUT2D eigenvalue weighted by atomic mass is 16.4. The van der Waals surface area contributed by atoms with Crippen molar-refractivity contribution in [1.82, 2.24) is 16.0 Å². The van der Waals surface area contributed by atoms with Crippen molar-refractivity contribution >= 4 is 17.9 Å². The minimum absolute atomic E-state index is 0.139. The van der Waals surface area contributed by atoms with Crippen molar-refractivity contribution in [2.45, 2.75) is 45.1 Å². The fraction of sp³-hybridized carbons (Fsp3) is 0.769. The van der Waals surface area contributed by atoms with Gasteiger partial charge in [0.05, 0.1) is 6.54 Å². The first-order chi connectivity index (χ1) is 9.49. The molecule has 2 atom stereocenters. The molecule has 3 amide bonds. The maximum absolute atomic E-state index is 11.7. The maximum Gasteiger partial charge on any atom is 0.322 e. The number of carboxylic acids is 1. The Morgan fingerprint density at radius 3 is 2.45 bits per heavy atom. The van der Waals surface area contributed by atoms with Gasteiger partial charge in [0.15, 0.2) is 0 Å². The number of rotatable bonds is 5. The summed E-state index contributed by atoms with van der Waals surface area (Å²) in [5.41, 5.74) is 0. The fourth-order valence-electron chi connectivity index (χ4n) is 2.32. The van der Waals surface area contributed by atoms with Crippen molar-refractivity contribution in [2.24, 2.45) is 5.92 Å². The molecule has 0 aliphatic heterocycles. The lowest BCUT2D eigenvalue weighted by atomic mass is 9.97. The van der Waals surface area contributed by atoms with E-state index < -0.39 is 18.4 Å². The van der Waals surface area contributed by atoms with E-state index in [1.54, 1.807) is 0 Å². The van der Waals surface area contributed by atoms with Crippen molar-refractivity contribution < 1.29 is 19.5 Å². The first kappa shape index (κ1) is 16.3. The number of urea groups is 1. The molecule has 114 valence electrons. The number of carbonyl (C=O) groups excluding carboxylic acids is 2. The van der Waals surface area contributed by atoms with E-state index in [0.29, 0.717) is 5.92 Å². The van der Waals surface area contributed by atoms with Crippen LogP contribution in [0.2, 0.25) is 0 Å². The molecule has 0 aromatic heterocycles. The monoisotopic (exact) mass is 285 g/mol. The maximum atomic E-state index is 11.7. The van der Waals surface area contributed by atoms with Gasteiger partial charge in [0.2, 0.25) is 5.91 Å². The van der Waals surface area contributed by atoms with Gasteiger partial charge in [-0.15, -0.1) is 0 Å². The van der Waals surface area contributed by atoms with Crippen LogP contribution in [0.4, 0.5) is 4.79 Å². The zero-order valence-electron chi connectivity index (χ0n) is 11.8. The Kier molecular flexibility index (Phi) is 6.83. The van der Waals surface area contributed by atoms with Crippen molar-refractivity contribution in [3.8, 4) is 0 Å². The summed E-state index contributed by atoms with van der Waals surface area (Å²) in [6.07, 6.45) is 5.55. The van der Waals surface area contributed by atoms with Crippen LogP contribution in [0.1, 0.15) is 39.0 Å². The average molecular weight is 285 g/mol. The number of carbonyl (C=O) groups is 3. The standard InChI is InChI=1S/C13H23N3O4/c1-9-5-3-2-4-6-10(9)16-13(20)15-7-11(17)14-8-12(18)19/h9-10H,2-8H2,1H3,(H,14,17)(H,18,19)(H2,15,16,20). The molecule has 0 heterocycles.